The summed E-state index contributed by atoms with van der Waals surface area (Å²) in [4.78, 5) is 27.8. The minimum atomic E-state index is -0.0982. The lowest BCUT2D eigenvalue weighted by Crippen LogP contribution is -2.23. The van der Waals surface area contributed by atoms with Gasteiger partial charge in [0.1, 0.15) is 0 Å². The lowest BCUT2D eigenvalue weighted by atomic mass is 9.94. The summed E-state index contributed by atoms with van der Waals surface area (Å²) in [6, 6.07) is 7.47. The van der Waals surface area contributed by atoms with Crippen molar-refractivity contribution in [1.29, 1.82) is 0 Å². The Morgan fingerprint density at radius 1 is 1.17 bits per heavy atom. The number of nitrogens with one attached hydrogen (secondary N) is 2. The number of aromatic nitrogens is 1. The lowest BCUT2D eigenvalue weighted by molar-refractivity contribution is -0.120. The number of nitrogens with zero attached hydrogens (tertiary/aromatic N) is 1. The second kappa shape index (κ2) is 7.40. The summed E-state index contributed by atoms with van der Waals surface area (Å²) in [5.41, 5.74) is 2.51. The predicted molar refractivity (Wildman–Crippen MR) is 97.0 cm³/mol. The number of hydrogen-bond donors (Lipinski definition) is 2. The minimum Gasteiger partial charge on any atom is -0.326 e. The van der Waals surface area contributed by atoms with Crippen LogP contribution in [0.15, 0.2) is 41.8 Å². The van der Waals surface area contributed by atoms with E-state index >= 15 is 0 Å². The number of rotatable bonds is 4. The molecule has 0 unspecified atom stereocenters. The molecule has 0 saturated heterocycles. The molecule has 0 bridgehead atoms. The molecular weight excluding hydrogens is 322 g/mol. The van der Waals surface area contributed by atoms with Crippen LogP contribution in [-0.4, -0.2) is 16.8 Å². The number of anilines is 2. The van der Waals surface area contributed by atoms with Crippen LogP contribution in [0.3, 0.4) is 0 Å². The van der Waals surface area contributed by atoms with Crippen LogP contribution in [0.1, 0.15) is 26.2 Å². The lowest BCUT2D eigenvalue weighted by Gasteiger charge is -2.15. The third kappa shape index (κ3) is 4.08. The first-order valence-corrected chi connectivity index (χ1v) is 8.79. The Labute approximate surface area is 144 Å². The van der Waals surface area contributed by atoms with Crippen LogP contribution in [-0.2, 0) is 9.59 Å². The fourth-order valence-corrected chi connectivity index (χ4v) is 3.35. The number of thiazole rings is 1. The summed E-state index contributed by atoms with van der Waals surface area (Å²) >= 11 is 1.42. The zero-order valence-corrected chi connectivity index (χ0v) is 14.2. The average molecular weight is 341 g/mol. The number of carbonyl (C=O) groups excluding carboxylic acids is 2. The number of allylic oxidation sites excluding steroid dienone is 2. The van der Waals surface area contributed by atoms with Gasteiger partial charge in [0, 0.05) is 29.5 Å². The third-order valence-corrected chi connectivity index (χ3v) is 4.63. The van der Waals surface area contributed by atoms with Crippen LogP contribution < -0.4 is 10.6 Å². The number of hydrogen-bond acceptors (Lipinski definition) is 4. The molecule has 2 amide bonds. The maximum Gasteiger partial charge on any atom is 0.229 e. The molecule has 1 atom stereocenters. The first-order chi connectivity index (χ1) is 11.6. The highest BCUT2D eigenvalue weighted by atomic mass is 32.1. The highest BCUT2D eigenvalue weighted by Crippen LogP contribution is 2.27. The maximum absolute atomic E-state index is 12.2. The van der Waals surface area contributed by atoms with Crippen LogP contribution in [0, 0.1) is 5.92 Å². The van der Waals surface area contributed by atoms with Crippen LogP contribution in [0.25, 0.3) is 11.3 Å². The quantitative estimate of drug-likeness (QED) is 0.824. The van der Waals surface area contributed by atoms with Crippen molar-refractivity contribution in [2.75, 3.05) is 10.6 Å². The molecule has 24 heavy (non-hydrogen) atoms. The van der Waals surface area contributed by atoms with E-state index in [4.69, 9.17) is 0 Å². The van der Waals surface area contributed by atoms with Crippen molar-refractivity contribution in [3.8, 4) is 11.3 Å². The van der Waals surface area contributed by atoms with Crippen LogP contribution in [0.5, 0.6) is 0 Å². The number of amides is 2. The fraction of sp³-hybridized carbons (Fsp3) is 0.278. The maximum atomic E-state index is 12.2. The van der Waals surface area contributed by atoms with Gasteiger partial charge >= 0.3 is 0 Å². The second-order valence-corrected chi connectivity index (χ2v) is 6.63. The molecule has 0 aliphatic heterocycles. The molecule has 3 rings (SSSR count). The zero-order chi connectivity index (χ0) is 16.9. The average Bonchev–Trinajstić information content (AvgIpc) is 3.04. The second-order valence-electron chi connectivity index (χ2n) is 5.77. The monoisotopic (exact) mass is 341 g/mol. The number of carbonyl (C=O) groups is 2. The molecule has 5 nitrogen and oxygen atoms in total. The van der Waals surface area contributed by atoms with Crippen molar-refractivity contribution in [3.05, 3.63) is 41.8 Å². The molecule has 1 heterocycles. The first kappa shape index (κ1) is 16.4. The first-order valence-electron chi connectivity index (χ1n) is 7.91. The van der Waals surface area contributed by atoms with Crippen LogP contribution in [0.2, 0.25) is 0 Å². The number of benzene rings is 1. The topological polar surface area (TPSA) is 71.1 Å². The molecule has 1 aliphatic carbocycles. The molecule has 0 radical (unpaired) electrons. The van der Waals surface area contributed by atoms with Crippen LogP contribution >= 0.6 is 11.3 Å². The van der Waals surface area contributed by atoms with E-state index in [-0.39, 0.29) is 17.7 Å². The van der Waals surface area contributed by atoms with Gasteiger partial charge in [0.15, 0.2) is 5.13 Å². The Bertz CT molecular complexity index is 765. The van der Waals surface area contributed by atoms with Gasteiger partial charge in [-0.15, -0.1) is 11.3 Å². The van der Waals surface area contributed by atoms with E-state index in [9.17, 15) is 9.59 Å². The third-order valence-electron chi connectivity index (χ3n) is 3.88. The van der Waals surface area contributed by atoms with Crippen molar-refractivity contribution in [3.63, 3.8) is 0 Å². The standard InChI is InChI=1S/C18H19N3O2S/c1-12(22)19-15-9-7-13(8-10-15)16-11-24-18(20-16)21-17(23)14-5-3-2-4-6-14/h2-3,7-11,14H,4-6H2,1H3,(H,19,22)(H,20,21,23)/t14-/m1/s1. The Hall–Kier alpha value is -2.47. The van der Waals surface area contributed by atoms with Gasteiger partial charge in [-0.05, 0) is 31.4 Å². The summed E-state index contributed by atoms with van der Waals surface area (Å²) in [7, 11) is 0. The van der Waals surface area contributed by atoms with E-state index < -0.39 is 0 Å². The SMILES string of the molecule is CC(=O)Nc1ccc(-c2csc(NC(=O)[C@@H]3CC=CCC3)n2)cc1. The van der Waals surface area contributed by atoms with Crippen molar-refractivity contribution >= 4 is 34.0 Å². The van der Waals surface area contributed by atoms with Gasteiger partial charge in [-0.3, -0.25) is 9.59 Å². The van der Waals surface area contributed by atoms with Gasteiger partial charge in [0.25, 0.3) is 0 Å². The molecule has 1 aromatic heterocycles. The molecular formula is C18H19N3O2S. The van der Waals surface area contributed by atoms with E-state index in [0.29, 0.717) is 5.13 Å². The normalized spacial score (nSPS) is 16.6. The fourth-order valence-electron chi connectivity index (χ4n) is 2.63. The van der Waals surface area contributed by atoms with Crippen molar-refractivity contribution in [1.82, 2.24) is 4.98 Å². The van der Waals surface area contributed by atoms with Gasteiger partial charge in [-0.2, -0.15) is 0 Å². The summed E-state index contributed by atoms with van der Waals surface area (Å²) in [6.45, 7) is 1.48. The van der Waals surface area contributed by atoms with E-state index in [1.54, 1.807) is 0 Å². The largest absolute Gasteiger partial charge is 0.326 e. The Morgan fingerprint density at radius 2 is 1.96 bits per heavy atom. The van der Waals surface area contributed by atoms with E-state index in [0.717, 1.165) is 36.2 Å². The molecule has 1 aromatic carbocycles. The van der Waals surface area contributed by atoms with Gasteiger partial charge < -0.3 is 10.6 Å². The van der Waals surface area contributed by atoms with E-state index in [1.165, 1.54) is 18.3 Å². The van der Waals surface area contributed by atoms with Gasteiger partial charge in [0.05, 0.1) is 5.69 Å². The molecule has 124 valence electrons. The highest BCUT2D eigenvalue weighted by Gasteiger charge is 2.19. The molecule has 2 N–H and O–H groups in total. The van der Waals surface area contributed by atoms with E-state index in [1.807, 2.05) is 29.6 Å². The minimum absolute atomic E-state index is 0.0410. The summed E-state index contributed by atoms with van der Waals surface area (Å²) in [5, 5.41) is 8.19. The summed E-state index contributed by atoms with van der Waals surface area (Å²) in [6.07, 6.45) is 6.84. The highest BCUT2D eigenvalue weighted by molar-refractivity contribution is 7.14. The molecule has 1 aliphatic rings. The molecule has 2 aromatic rings. The van der Waals surface area contributed by atoms with Crippen LogP contribution in [0.4, 0.5) is 10.8 Å². The Balaban J connectivity index is 1.65. The molecule has 6 heteroatoms. The van der Waals surface area contributed by atoms with Gasteiger partial charge in [-0.1, -0.05) is 24.3 Å². The predicted octanol–water partition coefficient (Wildman–Crippen LogP) is 4.06. The van der Waals surface area contributed by atoms with Crippen molar-refractivity contribution in [2.45, 2.75) is 26.2 Å². The van der Waals surface area contributed by atoms with Gasteiger partial charge in [0.2, 0.25) is 11.8 Å². The molecule has 0 fully saturated rings. The van der Waals surface area contributed by atoms with Crippen molar-refractivity contribution in [2.24, 2.45) is 5.92 Å². The Morgan fingerprint density at radius 3 is 2.62 bits per heavy atom. The molecule has 0 spiro atoms. The van der Waals surface area contributed by atoms with Crippen molar-refractivity contribution < 1.29 is 9.59 Å². The molecule has 0 saturated carbocycles. The zero-order valence-electron chi connectivity index (χ0n) is 13.4. The van der Waals surface area contributed by atoms with E-state index in [2.05, 4.69) is 27.8 Å². The summed E-state index contributed by atoms with van der Waals surface area (Å²) < 4.78 is 0. The van der Waals surface area contributed by atoms with Gasteiger partial charge in [-0.25, -0.2) is 4.98 Å². The summed E-state index contributed by atoms with van der Waals surface area (Å²) in [5.74, 6) is -0.0143. The smallest absolute Gasteiger partial charge is 0.229 e. The Kier molecular flexibility index (Phi) is 5.05.